The van der Waals surface area contributed by atoms with Gasteiger partial charge in [-0.15, -0.1) is 0 Å². The first kappa shape index (κ1) is 20.0. The highest BCUT2D eigenvalue weighted by Gasteiger charge is 2.09. The van der Waals surface area contributed by atoms with Crippen molar-refractivity contribution in [2.24, 2.45) is 5.10 Å². The summed E-state index contributed by atoms with van der Waals surface area (Å²) in [4.78, 5) is 24.8. The largest absolute Gasteiger partial charge is 0.322 e. The van der Waals surface area contributed by atoms with E-state index in [1.54, 1.807) is 36.5 Å². The van der Waals surface area contributed by atoms with Crippen LogP contribution in [-0.4, -0.2) is 18.0 Å². The number of anilines is 1. The molecule has 5 nitrogen and oxygen atoms in total. The lowest BCUT2D eigenvalue weighted by molar-refractivity contribution is 0.0954. The highest BCUT2D eigenvalue weighted by Crippen LogP contribution is 2.17. The molecule has 0 saturated heterocycles. The maximum atomic E-state index is 12.4. The van der Waals surface area contributed by atoms with Crippen molar-refractivity contribution in [3.05, 3.63) is 113 Å². The van der Waals surface area contributed by atoms with Gasteiger partial charge in [0, 0.05) is 22.4 Å². The molecule has 0 bridgehead atoms. The number of hydrazone groups is 1. The molecule has 5 heteroatoms. The van der Waals surface area contributed by atoms with Crippen LogP contribution >= 0.6 is 0 Å². The predicted octanol–water partition coefficient (Wildman–Crippen LogP) is 5.16. The molecule has 4 rings (SSSR count). The van der Waals surface area contributed by atoms with Crippen molar-refractivity contribution >= 4 is 34.5 Å². The molecule has 0 fully saturated rings. The molecule has 0 saturated carbocycles. The number of fused-ring (bicyclic) bond motifs is 1. The summed E-state index contributed by atoms with van der Waals surface area (Å²) in [7, 11) is 0. The standard InChI is InChI=1S/C26H21N3O2/c1-18-7-2-4-11-23(18)26(31)28-22-15-13-20(14-16-22)25(30)29-27-17-21-10-6-9-19-8-3-5-12-24(19)21/h2-17H,1H3,(H,28,31)(H,29,30). The van der Waals surface area contributed by atoms with E-state index in [0.29, 0.717) is 16.8 Å². The van der Waals surface area contributed by atoms with Crippen molar-refractivity contribution in [3.63, 3.8) is 0 Å². The molecule has 152 valence electrons. The molecular weight excluding hydrogens is 386 g/mol. The number of hydrogen-bond donors (Lipinski definition) is 2. The van der Waals surface area contributed by atoms with Crippen molar-refractivity contribution in [3.8, 4) is 0 Å². The Kier molecular flexibility index (Phi) is 5.85. The zero-order valence-corrected chi connectivity index (χ0v) is 17.0. The Morgan fingerprint density at radius 2 is 1.48 bits per heavy atom. The summed E-state index contributed by atoms with van der Waals surface area (Å²) >= 11 is 0. The van der Waals surface area contributed by atoms with Crippen LogP contribution in [0.3, 0.4) is 0 Å². The van der Waals surface area contributed by atoms with Crippen LogP contribution in [-0.2, 0) is 0 Å². The maximum Gasteiger partial charge on any atom is 0.271 e. The molecule has 0 radical (unpaired) electrons. The number of nitrogens with zero attached hydrogens (tertiary/aromatic N) is 1. The molecule has 0 aromatic heterocycles. The quantitative estimate of drug-likeness (QED) is 0.354. The molecule has 4 aromatic carbocycles. The SMILES string of the molecule is Cc1ccccc1C(=O)Nc1ccc(C(=O)NN=Cc2cccc3ccccc23)cc1. The fourth-order valence-electron chi connectivity index (χ4n) is 3.32. The number of rotatable bonds is 5. The number of amides is 2. The monoisotopic (exact) mass is 407 g/mol. The Morgan fingerprint density at radius 1 is 0.774 bits per heavy atom. The van der Waals surface area contributed by atoms with Gasteiger partial charge in [-0.3, -0.25) is 9.59 Å². The summed E-state index contributed by atoms with van der Waals surface area (Å²) < 4.78 is 0. The number of benzene rings is 4. The van der Waals surface area contributed by atoms with Gasteiger partial charge in [0.05, 0.1) is 6.21 Å². The summed E-state index contributed by atoms with van der Waals surface area (Å²) in [6, 6.07) is 28.0. The van der Waals surface area contributed by atoms with Gasteiger partial charge in [-0.1, -0.05) is 60.7 Å². The molecule has 2 amide bonds. The minimum atomic E-state index is -0.326. The van der Waals surface area contributed by atoms with E-state index in [4.69, 9.17) is 0 Å². The number of carbonyl (C=O) groups excluding carboxylic acids is 2. The molecule has 0 aliphatic carbocycles. The molecule has 31 heavy (non-hydrogen) atoms. The van der Waals surface area contributed by atoms with Crippen molar-refractivity contribution < 1.29 is 9.59 Å². The summed E-state index contributed by atoms with van der Waals surface area (Å²) in [5.41, 5.74) is 6.06. The minimum absolute atomic E-state index is 0.185. The molecule has 0 aliphatic heterocycles. The fourth-order valence-corrected chi connectivity index (χ4v) is 3.32. The molecule has 0 aliphatic rings. The zero-order valence-electron chi connectivity index (χ0n) is 17.0. The first-order valence-electron chi connectivity index (χ1n) is 9.90. The van der Waals surface area contributed by atoms with E-state index in [-0.39, 0.29) is 11.8 Å². The van der Waals surface area contributed by atoms with Gasteiger partial charge < -0.3 is 5.32 Å². The van der Waals surface area contributed by atoms with Crippen LogP contribution in [0.15, 0.2) is 96.1 Å². The number of aryl methyl sites for hydroxylation is 1. The topological polar surface area (TPSA) is 70.6 Å². The van der Waals surface area contributed by atoms with Crippen molar-refractivity contribution in [1.29, 1.82) is 0 Å². The van der Waals surface area contributed by atoms with Crippen molar-refractivity contribution in [2.45, 2.75) is 6.92 Å². The first-order valence-corrected chi connectivity index (χ1v) is 9.90. The lowest BCUT2D eigenvalue weighted by Crippen LogP contribution is -2.18. The number of hydrogen-bond acceptors (Lipinski definition) is 3. The van der Waals surface area contributed by atoms with Gasteiger partial charge in [0.15, 0.2) is 0 Å². The average Bonchev–Trinajstić information content (AvgIpc) is 2.80. The Hall–Kier alpha value is -4.25. The van der Waals surface area contributed by atoms with Gasteiger partial charge in [-0.05, 0) is 53.6 Å². The predicted molar refractivity (Wildman–Crippen MR) is 125 cm³/mol. The second-order valence-electron chi connectivity index (χ2n) is 7.11. The third-order valence-electron chi connectivity index (χ3n) is 4.99. The second-order valence-corrected chi connectivity index (χ2v) is 7.11. The van der Waals surface area contributed by atoms with Gasteiger partial charge >= 0.3 is 0 Å². The lowest BCUT2D eigenvalue weighted by atomic mass is 10.1. The summed E-state index contributed by atoms with van der Waals surface area (Å²) in [6.45, 7) is 1.89. The van der Waals surface area contributed by atoms with E-state index in [0.717, 1.165) is 21.9 Å². The average molecular weight is 407 g/mol. The van der Waals surface area contributed by atoms with E-state index < -0.39 is 0 Å². The van der Waals surface area contributed by atoms with Gasteiger partial charge in [0.2, 0.25) is 0 Å². The third kappa shape index (κ3) is 4.67. The van der Waals surface area contributed by atoms with E-state index in [9.17, 15) is 9.59 Å². The van der Waals surface area contributed by atoms with Crippen LogP contribution in [0.5, 0.6) is 0 Å². The zero-order chi connectivity index (χ0) is 21.6. The molecule has 2 N–H and O–H groups in total. The molecule has 4 aromatic rings. The van der Waals surface area contributed by atoms with E-state index in [2.05, 4.69) is 15.8 Å². The lowest BCUT2D eigenvalue weighted by Gasteiger charge is -2.08. The smallest absolute Gasteiger partial charge is 0.271 e. The second kappa shape index (κ2) is 9.05. The highest BCUT2D eigenvalue weighted by atomic mass is 16.2. The number of nitrogens with one attached hydrogen (secondary N) is 2. The summed E-state index contributed by atoms with van der Waals surface area (Å²) in [5, 5.41) is 9.12. The van der Waals surface area contributed by atoms with Crippen molar-refractivity contribution in [2.75, 3.05) is 5.32 Å². The number of carbonyl (C=O) groups is 2. The third-order valence-corrected chi connectivity index (χ3v) is 4.99. The van der Waals surface area contributed by atoms with Gasteiger partial charge in [-0.25, -0.2) is 5.43 Å². The van der Waals surface area contributed by atoms with Gasteiger partial charge in [-0.2, -0.15) is 5.10 Å². The van der Waals surface area contributed by atoms with Crippen LogP contribution in [0.25, 0.3) is 10.8 Å². The maximum absolute atomic E-state index is 12.4. The highest BCUT2D eigenvalue weighted by molar-refractivity contribution is 6.05. The van der Waals surface area contributed by atoms with Gasteiger partial charge in [0.1, 0.15) is 0 Å². The molecular formula is C26H21N3O2. The first-order chi connectivity index (χ1) is 15.1. The van der Waals surface area contributed by atoms with E-state index >= 15 is 0 Å². The minimum Gasteiger partial charge on any atom is -0.322 e. The fraction of sp³-hybridized carbons (Fsp3) is 0.0385. The normalized spacial score (nSPS) is 10.9. The molecule has 0 unspecified atom stereocenters. The van der Waals surface area contributed by atoms with Crippen molar-refractivity contribution in [1.82, 2.24) is 5.43 Å². The molecule has 0 spiro atoms. The Labute approximate surface area is 180 Å². The molecule has 0 heterocycles. The van der Waals surface area contributed by atoms with Gasteiger partial charge in [0.25, 0.3) is 11.8 Å². The Morgan fingerprint density at radius 3 is 2.29 bits per heavy atom. The summed E-state index contributed by atoms with van der Waals surface area (Å²) in [5.74, 6) is -0.511. The summed E-state index contributed by atoms with van der Waals surface area (Å²) in [6.07, 6.45) is 1.64. The Bertz CT molecular complexity index is 1270. The van der Waals surface area contributed by atoms with Crippen LogP contribution < -0.4 is 10.7 Å². The van der Waals surface area contributed by atoms with Crippen LogP contribution in [0, 0.1) is 6.92 Å². The van der Waals surface area contributed by atoms with E-state index in [1.165, 1.54) is 0 Å². The molecule has 0 atom stereocenters. The van der Waals surface area contributed by atoms with Crippen LogP contribution in [0.2, 0.25) is 0 Å². The van der Waals surface area contributed by atoms with Crippen LogP contribution in [0.1, 0.15) is 31.8 Å². The van der Waals surface area contributed by atoms with E-state index in [1.807, 2.05) is 67.6 Å². The Balaban J connectivity index is 1.40. The van der Waals surface area contributed by atoms with Crippen LogP contribution in [0.4, 0.5) is 5.69 Å².